The summed E-state index contributed by atoms with van der Waals surface area (Å²) in [5, 5.41) is 6.26. The fourth-order valence-electron chi connectivity index (χ4n) is 3.46. The summed E-state index contributed by atoms with van der Waals surface area (Å²) in [6, 6.07) is 6.15. The number of imidazole rings is 1. The van der Waals surface area contributed by atoms with E-state index in [1.165, 1.54) is 10.6 Å². The topological polar surface area (TPSA) is 77.4 Å². The van der Waals surface area contributed by atoms with E-state index in [9.17, 15) is 14.0 Å². The van der Waals surface area contributed by atoms with Crippen molar-refractivity contribution in [1.29, 1.82) is 0 Å². The molecule has 0 radical (unpaired) electrons. The Bertz CT molecular complexity index is 1230. The van der Waals surface area contributed by atoms with Gasteiger partial charge in [-0.1, -0.05) is 18.2 Å². The van der Waals surface area contributed by atoms with Crippen molar-refractivity contribution in [1.82, 2.24) is 18.7 Å². The van der Waals surface area contributed by atoms with Crippen LogP contribution in [0.1, 0.15) is 26.3 Å². The number of nitrogens with zero attached hydrogens (tertiary/aromatic N) is 6. The maximum Gasteiger partial charge on any atom is 0.332 e. The fraction of sp³-hybridized carbons (Fsp3) is 0.368. The highest BCUT2D eigenvalue weighted by molar-refractivity contribution is 5.87. The van der Waals surface area contributed by atoms with E-state index in [-0.39, 0.29) is 18.2 Å². The van der Waals surface area contributed by atoms with Crippen LogP contribution in [0.15, 0.2) is 39.0 Å². The van der Waals surface area contributed by atoms with Crippen molar-refractivity contribution in [3.05, 3.63) is 56.5 Å². The summed E-state index contributed by atoms with van der Waals surface area (Å²) in [7, 11) is 1.56. The van der Waals surface area contributed by atoms with Crippen LogP contribution < -0.4 is 16.3 Å². The van der Waals surface area contributed by atoms with E-state index in [1.54, 1.807) is 34.8 Å². The Hall–Kier alpha value is -3.23. The SMILES string of the molecule is CC1=NN(C(C)C)c2nc3c(c(=O)n(Cc4ccccc4F)c(=O)n3C)n2C1. The minimum Gasteiger partial charge on any atom is -0.297 e. The molecule has 0 atom stereocenters. The number of aromatic nitrogens is 4. The number of hydrazone groups is 1. The molecule has 9 heteroatoms. The molecule has 4 rings (SSSR count). The van der Waals surface area contributed by atoms with Gasteiger partial charge in [0.05, 0.1) is 24.8 Å². The van der Waals surface area contributed by atoms with Gasteiger partial charge in [0.2, 0.25) is 5.95 Å². The zero-order valence-corrected chi connectivity index (χ0v) is 16.2. The molecule has 0 amide bonds. The van der Waals surface area contributed by atoms with Gasteiger partial charge >= 0.3 is 5.69 Å². The lowest BCUT2D eigenvalue weighted by atomic mass is 10.2. The van der Waals surface area contributed by atoms with Crippen LogP contribution in [0.2, 0.25) is 0 Å². The molecule has 0 N–H and O–H groups in total. The molecule has 0 spiro atoms. The lowest BCUT2D eigenvalue weighted by Crippen LogP contribution is -2.40. The highest BCUT2D eigenvalue weighted by Crippen LogP contribution is 2.25. The number of benzene rings is 1. The summed E-state index contributed by atoms with van der Waals surface area (Å²) < 4.78 is 18.3. The quantitative estimate of drug-likeness (QED) is 0.689. The normalized spacial score (nSPS) is 13.9. The van der Waals surface area contributed by atoms with Gasteiger partial charge in [0.1, 0.15) is 5.82 Å². The Labute approximate surface area is 160 Å². The predicted octanol–water partition coefficient (Wildman–Crippen LogP) is 1.69. The largest absolute Gasteiger partial charge is 0.332 e. The van der Waals surface area contributed by atoms with Crippen molar-refractivity contribution in [3.63, 3.8) is 0 Å². The molecular weight excluding hydrogens is 363 g/mol. The van der Waals surface area contributed by atoms with Crippen LogP contribution in [0.3, 0.4) is 0 Å². The summed E-state index contributed by atoms with van der Waals surface area (Å²) in [5.41, 5.74) is 0.692. The summed E-state index contributed by atoms with van der Waals surface area (Å²) in [5.74, 6) is 0.0622. The molecule has 1 aromatic carbocycles. The first kappa shape index (κ1) is 18.1. The van der Waals surface area contributed by atoms with Gasteiger partial charge in [0, 0.05) is 12.6 Å². The zero-order chi connectivity index (χ0) is 20.2. The van der Waals surface area contributed by atoms with E-state index in [4.69, 9.17) is 0 Å². The van der Waals surface area contributed by atoms with Gasteiger partial charge in [-0.3, -0.25) is 18.5 Å². The van der Waals surface area contributed by atoms with E-state index >= 15 is 0 Å². The first-order valence-corrected chi connectivity index (χ1v) is 9.06. The first-order chi connectivity index (χ1) is 13.3. The van der Waals surface area contributed by atoms with Gasteiger partial charge < -0.3 is 0 Å². The molecule has 146 valence electrons. The van der Waals surface area contributed by atoms with Gasteiger partial charge in [-0.05, 0) is 26.8 Å². The zero-order valence-electron chi connectivity index (χ0n) is 16.2. The summed E-state index contributed by atoms with van der Waals surface area (Å²) >= 11 is 0. The van der Waals surface area contributed by atoms with Crippen LogP contribution in [-0.2, 0) is 20.1 Å². The van der Waals surface area contributed by atoms with Gasteiger partial charge in [0.15, 0.2) is 11.2 Å². The Morgan fingerprint density at radius 2 is 1.93 bits per heavy atom. The molecule has 8 nitrogen and oxygen atoms in total. The molecule has 3 aromatic rings. The fourth-order valence-corrected chi connectivity index (χ4v) is 3.46. The second-order valence-corrected chi connectivity index (χ2v) is 7.27. The van der Waals surface area contributed by atoms with Crippen molar-refractivity contribution in [2.24, 2.45) is 12.1 Å². The monoisotopic (exact) mass is 384 g/mol. The molecule has 1 aliphatic heterocycles. The summed E-state index contributed by atoms with van der Waals surface area (Å²) in [4.78, 5) is 30.6. The van der Waals surface area contributed by atoms with Gasteiger partial charge in [0.25, 0.3) is 5.56 Å². The van der Waals surface area contributed by atoms with Crippen molar-refractivity contribution < 1.29 is 4.39 Å². The van der Waals surface area contributed by atoms with Crippen LogP contribution in [0.4, 0.5) is 10.3 Å². The molecule has 0 aliphatic carbocycles. The lowest BCUT2D eigenvalue weighted by Gasteiger charge is -2.27. The number of halogens is 1. The number of anilines is 1. The standard InChI is InChI=1S/C19H21FN6O2/c1-11(2)26-18-21-16-15(24(18)9-12(3)22-26)17(27)25(19(28)23(16)4)10-13-7-5-6-8-14(13)20/h5-8,11H,9-10H2,1-4H3. The van der Waals surface area contributed by atoms with E-state index < -0.39 is 17.1 Å². The summed E-state index contributed by atoms with van der Waals surface area (Å²) in [6.45, 7) is 6.09. The average molecular weight is 384 g/mol. The molecule has 0 fully saturated rings. The number of hydrogen-bond donors (Lipinski definition) is 0. The molecule has 0 unspecified atom stereocenters. The Morgan fingerprint density at radius 1 is 1.21 bits per heavy atom. The maximum absolute atomic E-state index is 14.1. The maximum atomic E-state index is 14.1. The van der Waals surface area contributed by atoms with Gasteiger partial charge in [-0.2, -0.15) is 10.1 Å². The average Bonchev–Trinajstić information content (AvgIpc) is 3.03. The molecular formula is C19H21FN6O2. The smallest absolute Gasteiger partial charge is 0.297 e. The van der Waals surface area contributed by atoms with Crippen molar-refractivity contribution in [2.45, 2.75) is 39.9 Å². The third kappa shape index (κ3) is 2.65. The molecule has 0 saturated carbocycles. The van der Waals surface area contributed by atoms with E-state index in [0.29, 0.717) is 23.7 Å². The molecule has 1 aliphatic rings. The second-order valence-electron chi connectivity index (χ2n) is 7.27. The third-order valence-corrected chi connectivity index (χ3v) is 4.86. The van der Waals surface area contributed by atoms with Gasteiger partial charge in [-0.15, -0.1) is 0 Å². The highest BCUT2D eigenvalue weighted by Gasteiger charge is 2.28. The number of rotatable bonds is 3. The minimum atomic E-state index is -0.537. The molecule has 0 bridgehead atoms. The molecule has 28 heavy (non-hydrogen) atoms. The van der Waals surface area contributed by atoms with Crippen molar-refractivity contribution >= 4 is 22.8 Å². The molecule has 2 aromatic heterocycles. The number of hydrogen-bond acceptors (Lipinski definition) is 5. The third-order valence-electron chi connectivity index (χ3n) is 4.86. The van der Waals surface area contributed by atoms with Crippen LogP contribution in [0, 0.1) is 5.82 Å². The lowest BCUT2D eigenvalue weighted by molar-refractivity contribution is 0.582. The van der Waals surface area contributed by atoms with Crippen LogP contribution in [-0.4, -0.2) is 30.4 Å². The Balaban J connectivity index is 1.99. The van der Waals surface area contributed by atoms with Crippen molar-refractivity contribution in [3.8, 4) is 0 Å². The van der Waals surface area contributed by atoms with Gasteiger partial charge in [-0.25, -0.2) is 14.2 Å². The van der Waals surface area contributed by atoms with E-state index in [0.717, 1.165) is 10.3 Å². The van der Waals surface area contributed by atoms with Crippen LogP contribution in [0.25, 0.3) is 11.2 Å². The Morgan fingerprint density at radius 3 is 2.61 bits per heavy atom. The molecule has 3 heterocycles. The summed E-state index contributed by atoms with van der Waals surface area (Å²) in [6.07, 6.45) is 0. The second kappa shape index (κ2) is 6.43. The molecule has 0 saturated heterocycles. The minimum absolute atomic E-state index is 0.0310. The van der Waals surface area contributed by atoms with Crippen molar-refractivity contribution in [2.75, 3.05) is 5.01 Å². The van der Waals surface area contributed by atoms with E-state index in [1.807, 2.05) is 20.8 Å². The predicted molar refractivity (Wildman–Crippen MR) is 105 cm³/mol. The highest BCUT2D eigenvalue weighted by atomic mass is 19.1. The Kier molecular flexibility index (Phi) is 4.17. The van der Waals surface area contributed by atoms with E-state index in [2.05, 4.69) is 10.1 Å². The number of fused-ring (bicyclic) bond motifs is 3. The van der Waals surface area contributed by atoms with Crippen LogP contribution in [0.5, 0.6) is 0 Å². The number of aryl methyl sites for hydroxylation is 1. The van der Waals surface area contributed by atoms with Crippen LogP contribution >= 0.6 is 0 Å². The first-order valence-electron chi connectivity index (χ1n) is 9.06.